The van der Waals surface area contributed by atoms with Crippen LogP contribution in [0.1, 0.15) is 12.5 Å². The van der Waals surface area contributed by atoms with Gasteiger partial charge in [0.25, 0.3) is 10.1 Å². The Bertz CT molecular complexity index is 504. The molecule has 1 rings (SSSR count). The van der Waals surface area contributed by atoms with Gasteiger partial charge in [-0.1, -0.05) is 23.7 Å². The van der Waals surface area contributed by atoms with Crippen molar-refractivity contribution in [2.24, 2.45) is 0 Å². The molecule has 0 aromatic heterocycles. The first-order valence-corrected chi connectivity index (χ1v) is 7.60. The summed E-state index contributed by atoms with van der Waals surface area (Å²) < 4.78 is 31.6. The Morgan fingerprint density at radius 2 is 1.78 bits per heavy atom. The maximum Gasteiger partial charge on any atom is 0.266 e. The zero-order valence-corrected chi connectivity index (χ0v) is 12.6. The van der Waals surface area contributed by atoms with E-state index in [0.29, 0.717) is 5.02 Å². The summed E-state index contributed by atoms with van der Waals surface area (Å²) in [5.74, 6) is -0.574. The monoisotopic (exact) mass is 331 g/mol. The lowest BCUT2D eigenvalue weighted by Gasteiger charge is -2.30. The molecule has 0 aliphatic rings. The minimum absolute atomic E-state index is 0.247. The number of nitrogens with zero attached hydrogens (tertiary/aromatic N) is 1. The Morgan fingerprint density at radius 3 is 2.17 bits per heavy atom. The predicted molar refractivity (Wildman–Crippen MR) is 73.5 cm³/mol. The molecule has 0 spiro atoms. The second-order valence-electron chi connectivity index (χ2n) is 4.26. The third-order valence-electron chi connectivity index (χ3n) is 2.40. The van der Waals surface area contributed by atoms with E-state index >= 15 is 0 Å². The van der Waals surface area contributed by atoms with E-state index in [1.807, 2.05) is 0 Å². The second kappa shape index (κ2) is 5.94. The Hall–Kier alpha value is -0.0400. The molecule has 1 N–H and O–H groups in total. The maximum absolute atomic E-state index is 11.0. The zero-order valence-electron chi connectivity index (χ0n) is 9.48. The number of rotatable bonds is 5. The van der Waals surface area contributed by atoms with Crippen LogP contribution in [-0.4, -0.2) is 28.2 Å². The SMILES string of the molecule is CC(Cc1ccc(Cl)cc1)(CS(=O)(=O)O)N(Cl)Cl. The summed E-state index contributed by atoms with van der Waals surface area (Å²) in [5.41, 5.74) is -0.332. The van der Waals surface area contributed by atoms with Crippen molar-refractivity contribution in [2.45, 2.75) is 18.9 Å². The molecule has 1 aromatic rings. The standard InChI is InChI=1S/C10H12Cl3NO3S/c1-10(14(12)13,7-18(15,16)17)6-8-2-4-9(11)5-3-8/h2-5H,6-7H2,1H3,(H,15,16,17). The molecule has 0 amide bonds. The van der Waals surface area contributed by atoms with Crippen molar-refractivity contribution in [1.29, 1.82) is 0 Å². The Labute approximate surface area is 121 Å². The summed E-state index contributed by atoms with van der Waals surface area (Å²) in [6.45, 7) is 1.54. The molecule has 0 heterocycles. The highest BCUT2D eigenvalue weighted by Crippen LogP contribution is 2.27. The van der Waals surface area contributed by atoms with E-state index in [4.69, 9.17) is 39.7 Å². The van der Waals surface area contributed by atoms with E-state index in [1.54, 1.807) is 24.3 Å². The van der Waals surface area contributed by atoms with Crippen molar-refractivity contribution >= 4 is 45.3 Å². The Morgan fingerprint density at radius 1 is 1.28 bits per heavy atom. The predicted octanol–water partition coefficient (Wildman–Crippen LogP) is 3.14. The fraction of sp³-hybridized carbons (Fsp3) is 0.400. The van der Waals surface area contributed by atoms with E-state index < -0.39 is 21.4 Å². The highest BCUT2D eigenvalue weighted by molar-refractivity contribution is 7.85. The first-order chi connectivity index (χ1) is 8.12. The van der Waals surface area contributed by atoms with Crippen molar-refractivity contribution in [2.75, 3.05) is 5.75 Å². The average Bonchev–Trinajstić information content (AvgIpc) is 2.18. The van der Waals surface area contributed by atoms with Crippen LogP contribution in [0.3, 0.4) is 0 Å². The lowest BCUT2D eigenvalue weighted by atomic mass is 9.96. The van der Waals surface area contributed by atoms with Crippen LogP contribution < -0.4 is 0 Å². The fourth-order valence-electron chi connectivity index (χ4n) is 1.59. The van der Waals surface area contributed by atoms with Gasteiger partial charge in [-0.05, 0) is 54.6 Å². The van der Waals surface area contributed by atoms with Gasteiger partial charge in [0, 0.05) is 5.02 Å². The third-order valence-corrected chi connectivity index (χ3v) is 4.45. The van der Waals surface area contributed by atoms with E-state index in [1.165, 1.54) is 6.92 Å². The molecular formula is C10H12Cl3NO3S. The van der Waals surface area contributed by atoms with Gasteiger partial charge in [-0.3, -0.25) is 4.55 Å². The highest BCUT2D eigenvalue weighted by Gasteiger charge is 2.35. The normalized spacial score (nSPS) is 15.7. The van der Waals surface area contributed by atoms with E-state index in [2.05, 4.69) is 0 Å². The van der Waals surface area contributed by atoms with Gasteiger partial charge >= 0.3 is 0 Å². The molecule has 1 atom stereocenters. The summed E-state index contributed by atoms with van der Waals surface area (Å²) in [6, 6.07) is 6.83. The van der Waals surface area contributed by atoms with Gasteiger partial charge in [0.15, 0.2) is 0 Å². The minimum atomic E-state index is -4.19. The first kappa shape index (κ1) is 16.0. The van der Waals surface area contributed by atoms with E-state index in [-0.39, 0.29) is 6.42 Å². The van der Waals surface area contributed by atoms with Gasteiger partial charge in [0.2, 0.25) is 0 Å². The second-order valence-corrected chi connectivity index (χ2v) is 7.00. The van der Waals surface area contributed by atoms with Crippen molar-refractivity contribution < 1.29 is 13.0 Å². The van der Waals surface area contributed by atoms with Crippen LogP contribution in [0.2, 0.25) is 5.02 Å². The van der Waals surface area contributed by atoms with Gasteiger partial charge < -0.3 is 0 Å². The fourth-order valence-corrected chi connectivity index (χ4v) is 3.12. The summed E-state index contributed by atoms with van der Waals surface area (Å²) in [6.07, 6.45) is 0.247. The summed E-state index contributed by atoms with van der Waals surface area (Å²) in [4.78, 5) is 0. The molecule has 0 saturated carbocycles. The lowest BCUT2D eigenvalue weighted by Crippen LogP contribution is -2.44. The van der Waals surface area contributed by atoms with Crippen LogP contribution in [0, 0.1) is 0 Å². The van der Waals surface area contributed by atoms with Gasteiger partial charge in [0.1, 0.15) is 0 Å². The topological polar surface area (TPSA) is 57.6 Å². The minimum Gasteiger partial charge on any atom is -0.285 e. The molecule has 0 aliphatic carbocycles. The number of hydrogen-bond acceptors (Lipinski definition) is 3. The molecule has 18 heavy (non-hydrogen) atoms. The van der Waals surface area contributed by atoms with Crippen LogP contribution in [0.15, 0.2) is 24.3 Å². The Kier molecular flexibility index (Phi) is 5.29. The summed E-state index contributed by atoms with van der Waals surface area (Å²) >= 11 is 17.1. The van der Waals surface area contributed by atoms with E-state index in [0.717, 1.165) is 9.50 Å². The van der Waals surface area contributed by atoms with Crippen molar-refractivity contribution in [3.63, 3.8) is 0 Å². The third kappa shape index (κ3) is 4.91. The molecule has 0 bridgehead atoms. The molecule has 1 unspecified atom stereocenters. The molecule has 8 heteroatoms. The molecule has 4 nitrogen and oxygen atoms in total. The summed E-state index contributed by atoms with van der Waals surface area (Å²) in [5, 5.41) is 0.573. The molecule has 102 valence electrons. The van der Waals surface area contributed by atoms with Gasteiger partial charge in [0.05, 0.1) is 11.3 Å². The first-order valence-electron chi connectivity index (χ1n) is 4.94. The quantitative estimate of drug-likeness (QED) is 0.665. The maximum atomic E-state index is 11.0. The Balaban J connectivity index is 2.96. The highest BCUT2D eigenvalue weighted by atomic mass is 35.5. The average molecular weight is 333 g/mol. The van der Waals surface area contributed by atoms with Gasteiger partial charge in [-0.25, -0.2) is 0 Å². The molecule has 0 aliphatic heterocycles. The molecule has 1 aromatic carbocycles. The van der Waals surface area contributed by atoms with Crippen molar-refractivity contribution in [3.05, 3.63) is 34.9 Å². The van der Waals surface area contributed by atoms with Crippen LogP contribution in [0.5, 0.6) is 0 Å². The smallest absolute Gasteiger partial charge is 0.266 e. The molecular weight excluding hydrogens is 321 g/mol. The summed E-state index contributed by atoms with van der Waals surface area (Å²) in [7, 11) is -4.19. The van der Waals surface area contributed by atoms with Crippen LogP contribution in [0.4, 0.5) is 0 Å². The van der Waals surface area contributed by atoms with Gasteiger partial charge in [-0.15, -0.1) is 3.94 Å². The largest absolute Gasteiger partial charge is 0.285 e. The van der Waals surface area contributed by atoms with Gasteiger partial charge in [-0.2, -0.15) is 8.42 Å². The molecule has 0 fully saturated rings. The van der Waals surface area contributed by atoms with Crippen molar-refractivity contribution in [1.82, 2.24) is 3.94 Å². The number of hydrogen-bond donors (Lipinski definition) is 1. The zero-order chi connectivity index (χ0) is 14.0. The van der Waals surface area contributed by atoms with Crippen LogP contribution >= 0.6 is 35.2 Å². The van der Waals surface area contributed by atoms with Crippen LogP contribution in [0.25, 0.3) is 0 Å². The number of benzene rings is 1. The van der Waals surface area contributed by atoms with E-state index in [9.17, 15) is 8.42 Å². The van der Waals surface area contributed by atoms with Crippen molar-refractivity contribution in [3.8, 4) is 0 Å². The molecule has 0 saturated heterocycles. The number of halogens is 3. The van der Waals surface area contributed by atoms with Crippen LogP contribution in [-0.2, 0) is 16.5 Å². The molecule has 0 radical (unpaired) electrons. The lowest BCUT2D eigenvalue weighted by molar-refractivity contribution is 0.340.